The van der Waals surface area contributed by atoms with Gasteiger partial charge in [-0.15, -0.1) is 0 Å². The lowest BCUT2D eigenvalue weighted by Crippen LogP contribution is -2.23. The van der Waals surface area contributed by atoms with Crippen LogP contribution in [0.3, 0.4) is 0 Å². The molecule has 2 aromatic carbocycles. The van der Waals surface area contributed by atoms with Crippen molar-refractivity contribution in [1.82, 2.24) is 4.57 Å². The maximum Gasteiger partial charge on any atom is 0.329 e. The lowest BCUT2D eigenvalue weighted by atomic mass is 10.1. The second kappa shape index (κ2) is 8.12. The summed E-state index contributed by atoms with van der Waals surface area (Å²) in [6, 6.07) is 21.3. The van der Waals surface area contributed by atoms with Crippen LogP contribution in [0.4, 0.5) is 0 Å². The first-order valence-electron chi connectivity index (χ1n) is 10.3. The molecule has 0 aliphatic heterocycles. The Morgan fingerprint density at radius 1 is 0.862 bits per heavy atom. The van der Waals surface area contributed by atoms with Crippen molar-refractivity contribution in [2.24, 2.45) is 0 Å². The Hall–Kier alpha value is -3.07. The Morgan fingerprint density at radius 2 is 1.59 bits per heavy atom. The first-order chi connectivity index (χ1) is 14.1. The van der Waals surface area contributed by atoms with Crippen molar-refractivity contribution >= 4 is 5.65 Å². The molecule has 0 fully saturated rings. The van der Waals surface area contributed by atoms with Gasteiger partial charge >= 0.3 is 5.65 Å². The van der Waals surface area contributed by atoms with Gasteiger partial charge in [0.2, 0.25) is 5.75 Å². The molecular formula is C26H29N2O+. The molecule has 0 saturated heterocycles. The van der Waals surface area contributed by atoms with Crippen molar-refractivity contribution in [3.8, 4) is 5.75 Å². The summed E-state index contributed by atoms with van der Waals surface area (Å²) in [5, 5.41) is 0. The van der Waals surface area contributed by atoms with Gasteiger partial charge in [-0.05, 0) is 37.1 Å². The Bertz CT molecular complexity index is 1120. The normalized spacial score (nSPS) is 11.2. The van der Waals surface area contributed by atoms with E-state index in [1.54, 1.807) is 0 Å². The van der Waals surface area contributed by atoms with Crippen LogP contribution in [0.15, 0.2) is 66.9 Å². The number of benzene rings is 2. The van der Waals surface area contributed by atoms with E-state index in [1.807, 2.05) is 6.07 Å². The standard InChI is InChI=1S/C26H29N2O/c1-5-24-21(4)27-13-9-12-25(29-18-22-10-7-6-8-11-22)26(27)28(24)17-23-15-19(2)14-20(3)16-23/h6-16H,5,17-18H2,1-4H3/q+1. The van der Waals surface area contributed by atoms with E-state index in [1.165, 1.54) is 33.6 Å². The molecule has 3 heteroatoms. The highest BCUT2D eigenvalue weighted by Crippen LogP contribution is 2.24. The molecule has 2 heterocycles. The van der Waals surface area contributed by atoms with E-state index in [2.05, 4.69) is 97.5 Å². The highest BCUT2D eigenvalue weighted by molar-refractivity contribution is 5.51. The van der Waals surface area contributed by atoms with Crippen LogP contribution in [0.2, 0.25) is 0 Å². The van der Waals surface area contributed by atoms with Gasteiger partial charge < -0.3 is 4.74 Å². The van der Waals surface area contributed by atoms with Crippen molar-refractivity contribution in [2.75, 3.05) is 0 Å². The molecule has 0 N–H and O–H groups in total. The van der Waals surface area contributed by atoms with Gasteiger partial charge in [-0.3, -0.25) is 0 Å². The number of rotatable bonds is 6. The topological polar surface area (TPSA) is 18.3 Å². The van der Waals surface area contributed by atoms with Gasteiger partial charge in [0.25, 0.3) is 0 Å². The Labute approximate surface area is 173 Å². The molecule has 0 unspecified atom stereocenters. The molecule has 0 amide bonds. The molecule has 0 aliphatic carbocycles. The summed E-state index contributed by atoms with van der Waals surface area (Å²) < 4.78 is 11.0. The van der Waals surface area contributed by atoms with E-state index in [9.17, 15) is 0 Å². The zero-order chi connectivity index (χ0) is 20.4. The molecule has 3 nitrogen and oxygen atoms in total. The Balaban J connectivity index is 1.79. The second-order valence-electron chi connectivity index (χ2n) is 7.81. The zero-order valence-electron chi connectivity index (χ0n) is 17.8. The fraction of sp³-hybridized carbons (Fsp3) is 0.269. The van der Waals surface area contributed by atoms with E-state index in [0.717, 1.165) is 24.4 Å². The number of aryl methyl sites for hydroxylation is 3. The van der Waals surface area contributed by atoms with Gasteiger partial charge in [0, 0.05) is 13.3 Å². The number of imidazole rings is 1. The maximum absolute atomic E-state index is 6.30. The molecule has 0 saturated carbocycles. The second-order valence-corrected chi connectivity index (χ2v) is 7.81. The number of fused-ring (bicyclic) bond motifs is 1. The van der Waals surface area contributed by atoms with Crippen molar-refractivity contribution in [3.63, 3.8) is 0 Å². The highest BCUT2D eigenvalue weighted by Gasteiger charge is 2.25. The largest absolute Gasteiger partial charge is 0.481 e. The summed E-state index contributed by atoms with van der Waals surface area (Å²) >= 11 is 0. The smallest absolute Gasteiger partial charge is 0.329 e. The predicted octanol–water partition coefficient (Wildman–Crippen LogP) is 5.34. The first kappa shape index (κ1) is 19.3. The van der Waals surface area contributed by atoms with Crippen molar-refractivity contribution in [2.45, 2.75) is 47.3 Å². The van der Waals surface area contributed by atoms with E-state index < -0.39 is 0 Å². The average Bonchev–Trinajstić information content (AvgIpc) is 2.98. The summed E-state index contributed by atoms with van der Waals surface area (Å²) in [4.78, 5) is 0. The SMILES string of the molecule is CCc1c(C)[n+]2cccc(OCc3ccccc3)c2n1Cc1cc(C)cc(C)c1. The summed E-state index contributed by atoms with van der Waals surface area (Å²) in [6.45, 7) is 10.2. The minimum Gasteiger partial charge on any atom is -0.481 e. The maximum atomic E-state index is 6.30. The zero-order valence-corrected chi connectivity index (χ0v) is 17.8. The number of ether oxygens (including phenoxy) is 1. The minimum absolute atomic E-state index is 0.565. The number of hydrogen-bond acceptors (Lipinski definition) is 1. The number of hydrogen-bond donors (Lipinski definition) is 0. The summed E-state index contributed by atoms with van der Waals surface area (Å²) in [6.07, 6.45) is 3.12. The van der Waals surface area contributed by atoms with Crippen LogP contribution in [-0.2, 0) is 19.6 Å². The average molecular weight is 386 g/mol. The van der Waals surface area contributed by atoms with Crippen LogP contribution in [0.25, 0.3) is 5.65 Å². The van der Waals surface area contributed by atoms with Crippen LogP contribution in [-0.4, -0.2) is 4.57 Å². The van der Waals surface area contributed by atoms with Crippen LogP contribution < -0.4 is 9.14 Å². The van der Waals surface area contributed by atoms with E-state index >= 15 is 0 Å². The van der Waals surface area contributed by atoms with Crippen LogP contribution in [0, 0.1) is 20.8 Å². The molecule has 4 rings (SSSR count). The lowest BCUT2D eigenvalue weighted by molar-refractivity contribution is -0.519. The third-order valence-corrected chi connectivity index (χ3v) is 5.49. The third kappa shape index (κ3) is 3.91. The fourth-order valence-corrected chi connectivity index (χ4v) is 4.28. The molecule has 0 bridgehead atoms. The number of nitrogens with zero attached hydrogens (tertiary/aromatic N) is 2. The van der Waals surface area contributed by atoms with Gasteiger partial charge in [-0.25, -0.2) is 4.57 Å². The predicted molar refractivity (Wildman–Crippen MR) is 117 cm³/mol. The summed E-state index contributed by atoms with van der Waals surface area (Å²) in [5.41, 5.74) is 8.86. The first-order valence-corrected chi connectivity index (χ1v) is 10.3. The van der Waals surface area contributed by atoms with Gasteiger partial charge in [0.1, 0.15) is 24.5 Å². The molecule has 4 aromatic rings. The molecule has 0 aliphatic rings. The number of aromatic nitrogens is 2. The van der Waals surface area contributed by atoms with Gasteiger partial charge in [0.15, 0.2) is 0 Å². The molecule has 2 aromatic heterocycles. The minimum atomic E-state index is 0.565. The molecule has 0 atom stereocenters. The van der Waals surface area contributed by atoms with Crippen molar-refractivity contribution < 1.29 is 9.14 Å². The fourth-order valence-electron chi connectivity index (χ4n) is 4.28. The highest BCUT2D eigenvalue weighted by atomic mass is 16.5. The molecular weight excluding hydrogens is 356 g/mol. The van der Waals surface area contributed by atoms with Crippen LogP contribution in [0.1, 0.15) is 40.6 Å². The van der Waals surface area contributed by atoms with Crippen LogP contribution >= 0.6 is 0 Å². The van der Waals surface area contributed by atoms with E-state index in [-0.39, 0.29) is 0 Å². The summed E-state index contributed by atoms with van der Waals surface area (Å²) in [5.74, 6) is 0.920. The molecule has 29 heavy (non-hydrogen) atoms. The van der Waals surface area contributed by atoms with Crippen molar-refractivity contribution in [1.29, 1.82) is 0 Å². The van der Waals surface area contributed by atoms with Crippen LogP contribution in [0.5, 0.6) is 5.75 Å². The molecule has 0 spiro atoms. The quantitative estimate of drug-likeness (QED) is 0.410. The van der Waals surface area contributed by atoms with Gasteiger partial charge in [-0.2, -0.15) is 4.40 Å². The van der Waals surface area contributed by atoms with Crippen molar-refractivity contribution in [3.05, 3.63) is 101 Å². The third-order valence-electron chi connectivity index (χ3n) is 5.49. The number of pyridine rings is 1. The monoisotopic (exact) mass is 385 g/mol. The molecule has 148 valence electrons. The van der Waals surface area contributed by atoms with E-state index in [4.69, 9.17) is 4.74 Å². The van der Waals surface area contributed by atoms with E-state index in [0.29, 0.717) is 6.61 Å². The van der Waals surface area contributed by atoms with Gasteiger partial charge in [-0.1, -0.05) is 66.6 Å². The lowest BCUT2D eigenvalue weighted by Gasteiger charge is -2.09. The Morgan fingerprint density at radius 3 is 2.28 bits per heavy atom. The van der Waals surface area contributed by atoms with Gasteiger partial charge in [0.05, 0.1) is 6.20 Å². The molecule has 0 radical (unpaired) electrons. The summed E-state index contributed by atoms with van der Waals surface area (Å²) in [7, 11) is 0. The Kier molecular flexibility index (Phi) is 5.39.